The maximum absolute atomic E-state index is 12.3. The van der Waals surface area contributed by atoms with E-state index in [2.05, 4.69) is 21.8 Å². The van der Waals surface area contributed by atoms with Crippen molar-refractivity contribution in [3.8, 4) is 6.07 Å². The van der Waals surface area contributed by atoms with Gasteiger partial charge in [-0.3, -0.25) is 9.48 Å². The van der Waals surface area contributed by atoms with Crippen molar-refractivity contribution in [2.75, 3.05) is 5.32 Å². The van der Waals surface area contributed by atoms with Gasteiger partial charge in [-0.15, -0.1) is 22.7 Å². The van der Waals surface area contributed by atoms with Crippen molar-refractivity contribution in [3.05, 3.63) is 61.9 Å². The fourth-order valence-corrected chi connectivity index (χ4v) is 5.63. The summed E-state index contributed by atoms with van der Waals surface area (Å²) in [5.41, 5.74) is 3.24. The molecule has 0 saturated carbocycles. The van der Waals surface area contributed by atoms with Crippen molar-refractivity contribution < 1.29 is 14.3 Å². The molecule has 1 aliphatic rings. The van der Waals surface area contributed by atoms with Crippen molar-refractivity contribution in [1.82, 2.24) is 15.1 Å². The minimum atomic E-state index is -0.476. The second-order valence-electron chi connectivity index (χ2n) is 7.69. The number of nitriles is 1. The molecular weight excluding hydrogens is 458 g/mol. The van der Waals surface area contributed by atoms with Gasteiger partial charge < -0.3 is 15.4 Å². The Balaban J connectivity index is 1.36. The molecule has 4 rings (SSSR count). The molecule has 170 valence electrons. The van der Waals surface area contributed by atoms with Gasteiger partial charge in [0, 0.05) is 47.6 Å². The molecule has 2 amide bonds. The minimum Gasteiger partial charge on any atom is -0.446 e. The number of aryl methyl sites for hydroxylation is 2. The molecule has 3 heterocycles. The summed E-state index contributed by atoms with van der Waals surface area (Å²) in [6.07, 6.45) is 6.09. The quantitative estimate of drug-likeness (QED) is 0.514. The third kappa shape index (κ3) is 5.50. The van der Waals surface area contributed by atoms with Gasteiger partial charge in [0.1, 0.15) is 17.2 Å². The molecule has 3 aromatic rings. The van der Waals surface area contributed by atoms with Gasteiger partial charge in [0.15, 0.2) is 0 Å². The standard InChI is InChI=1S/C23H23N5O3S2/c1-14-15(13-28(2)27-14)12-25-23(30)31-16-5-7-18-19(11-24)22(33-20(18)10-16)26-21(29)8-6-17-4-3-9-32-17/h3-4,6,8-9,13,16H,5,7,10,12H2,1-2H3,(H,25,30)(H,26,29)/b8-6+. The van der Waals surface area contributed by atoms with Gasteiger partial charge in [-0.1, -0.05) is 6.07 Å². The van der Waals surface area contributed by atoms with Gasteiger partial charge in [0.05, 0.1) is 11.3 Å². The van der Waals surface area contributed by atoms with Gasteiger partial charge in [-0.05, 0) is 42.9 Å². The number of alkyl carbamates (subject to hydrolysis) is 1. The van der Waals surface area contributed by atoms with Crippen LogP contribution in [0, 0.1) is 18.3 Å². The van der Waals surface area contributed by atoms with Crippen molar-refractivity contribution in [3.63, 3.8) is 0 Å². The molecule has 2 N–H and O–H groups in total. The van der Waals surface area contributed by atoms with Crippen LogP contribution in [-0.2, 0) is 36.0 Å². The van der Waals surface area contributed by atoms with Gasteiger partial charge in [0.2, 0.25) is 5.91 Å². The van der Waals surface area contributed by atoms with Gasteiger partial charge in [-0.2, -0.15) is 10.4 Å². The molecule has 0 aliphatic heterocycles. The molecule has 1 aliphatic carbocycles. The van der Waals surface area contributed by atoms with Crippen LogP contribution in [0.1, 0.15) is 38.6 Å². The number of anilines is 1. The molecular formula is C23H23N5O3S2. The lowest BCUT2D eigenvalue weighted by Gasteiger charge is -2.22. The molecule has 0 aromatic carbocycles. The molecule has 33 heavy (non-hydrogen) atoms. The summed E-state index contributed by atoms with van der Waals surface area (Å²) in [4.78, 5) is 26.6. The molecule has 8 nitrogen and oxygen atoms in total. The summed E-state index contributed by atoms with van der Waals surface area (Å²) in [6.45, 7) is 2.24. The third-order valence-electron chi connectivity index (χ3n) is 5.32. The number of carbonyl (C=O) groups is 2. The summed E-state index contributed by atoms with van der Waals surface area (Å²) in [5.74, 6) is -0.281. The molecule has 3 aromatic heterocycles. The zero-order chi connectivity index (χ0) is 23.4. The van der Waals surface area contributed by atoms with Crippen molar-refractivity contribution in [2.24, 2.45) is 7.05 Å². The Morgan fingerprint density at radius 1 is 1.45 bits per heavy atom. The van der Waals surface area contributed by atoms with Crippen molar-refractivity contribution >= 4 is 45.8 Å². The lowest BCUT2D eigenvalue weighted by atomic mass is 9.94. The second kappa shape index (κ2) is 10.0. The first-order valence-electron chi connectivity index (χ1n) is 10.4. The van der Waals surface area contributed by atoms with Crippen LogP contribution >= 0.6 is 22.7 Å². The topological polar surface area (TPSA) is 109 Å². The van der Waals surface area contributed by atoms with E-state index < -0.39 is 6.09 Å². The number of nitrogens with zero attached hydrogens (tertiary/aromatic N) is 3. The number of carbonyl (C=O) groups excluding carboxylic acids is 2. The maximum atomic E-state index is 12.3. The fourth-order valence-electron chi connectivity index (χ4n) is 3.74. The Bertz CT molecular complexity index is 1230. The summed E-state index contributed by atoms with van der Waals surface area (Å²) < 4.78 is 7.32. The Kier molecular flexibility index (Phi) is 6.91. The molecule has 1 atom stereocenters. The average Bonchev–Trinajstić information content (AvgIpc) is 3.49. The monoisotopic (exact) mass is 481 g/mol. The smallest absolute Gasteiger partial charge is 0.407 e. The van der Waals surface area contributed by atoms with E-state index in [1.54, 1.807) is 22.1 Å². The van der Waals surface area contributed by atoms with E-state index in [4.69, 9.17) is 4.74 Å². The van der Waals surface area contributed by atoms with E-state index in [0.717, 1.165) is 26.6 Å². The van der Waals surface area contributed by atoms with Crippen LogP contribution in [0.3, 0.4) is 0 Å². The van der Waals surface area contributed by atoms with E-state index in [1.807, 2.05) is 37.7 Å². The SMILES string of the molecule is Cc1nn(C)cc1CNC(=O)OC1CCc2c(sc(NC(=O)/C=C/c3cccs3)c2C#N)C1. The number of thiophene rings is 2. The summed E-state index contributed by atoms with van der Waals surface area (Å²) >= 11 is 2.92. The molecule has 0 radical (unpaired) electrons. The predicted molar refractivity (Wildman–Crippen MR) is 128 cm³/mol. The number of amides is 2. The number of aromatic nitrogens is 2. The van der Waals surface area contributed by atoms with Crippen LogP contribution in [0.25, 0.3) is 6.08 Å². The van der Waals surface area contributed by atoms with E-state index in [0.29, 0.717) is 36.4 Å². The van der Waals surface area contributed by atoms with Crippen molar-refractivity contribution in [2.45, 2.75) is 38.8 Å². The van der Waals surface area contributed by atoms with E-state index >= 15 is 0 Å². The fraction of sp³-hybridized carbons (Fsp3) is 0.304. The number of hydrogen-bond donors (Lipinski definition) is 2. The van der Waals surface area contributed by atoms with Gasteiger partial charge in [-0.25, -0.2) is 4.79 Å². The average molecular weight is 482 g/mol. The molecule has 0 saturated heterocycles. The molecule has 0 bridgehead atoms. The van der Waals surface area contributed by atoms with Crippen LogP contribution in [0.15, 0.2) is 29.8 Å². The summed E-state index contributed by atoms with van der Waals surface area (Å²) in [5, 5.41) is 22.0. The molecule has 0 fully saturated rings. The number of ether oxygens (including phenoxy) is 1. The van der Waals surface area contributed by atoms with Crippen LogP contribution in [0.2, 0.25) is 0 Å². The van der Waals surface area contributed by atoms with Crippen LogP contribution in [0.4, 0.5) is 9.80 Å². The Labute approximate surface area is 199 Å². The van der Waals surface area contributed by atoms with E-state index in [9.17, 15) is 14.9 Å². The first-order chi connectivity index (χ1) is 15.9. The van der Waals surface area contributed by atoms with E-state index in [-0.39, 0.29) is 12.0 Å². The minimum absolute atomic E-state index is 0.278. The highest BCUT2D eigenvalue weighted by Gasteiger charge is 2.28. The zero-order valence-corrected chi connectivity index (χ0v) is 19.9. The number of rotatable bonds is 6. The first-order valence-corrected chi connectivity index (χ1v) is 12.1. The van der Waals surface area contributed by atoms with Crippen LogP contribution < -0.4 is 10.6 Å². The predicted octanol–water partition coefficient (Wildman–Crippen LogP) is 4.16. The summed E-state index contributed by atoms with van der Waals surface area (Å²) in [6, 6.07) is 6.07. The molecule has 10 heteroatoms. The third-order valence-corrected chi connectivity index (χ3v) is 7.33. The lowest BCUT2D eigenvalue weighted by Crippen LogP contribution is -2.31. The van der Waals surface area contributed by atoms with Crippen LogP contribution in [-0.4, -0.2) is 27.9 Å². The molecule has 1 unspecified atom stereocenters. The zero-order valence-electron chi connectivity index (χ0n) is 18.3. The highest BCUT2D eigenvalue weighted by Crippen LogP contribution is 2.38. The van der Waals surface area contributed by atoms with Crippen LogP contribution in [0.5, 0.6) is 0 Å². The molecule has 0 spiro atoms. The van der Waals surface area contributed by atoms with Gasteiger partial charge >= 0.3 is 6.09 Å². The summed E-state index contributed by atoms with van der Waals surface area (Å²) in [7, 11) is 1.84. The Morgan fingerprint density at radius 2 is 2.30 bits per heavy atom. The first kappa shape index (κ1) is 22.8. The largest absolute Gasteiger partial charge is 0.446 e. The maximum Gasteiger partial charge on any atom is 0.407 e. The van der Waals surface area contributed by atoms with Gasteiger partial charge in [0.25, 0.3) is 0 Å². The Hall–Kier alpha value is -3.42. The lowest BCUT2D eigenvalue weighted by molar-refractivity contribution is -0.111. The highest BCUT2D eigenvalue weighted by molar-refractivity contribution is 7.16. The van der Waals surface area contributed by atoms with E-state index in [1.165, 1.54) is 17.4 Å². The highest BCUT2D eigenvalue weighted by atomic mass is 32.1. The normalized spacial score (nSPS) is 15.1. The number of fused-ring (bicyclic) bond motifs is 1. The number of hydrogen-bond acceptors (Lipinski definition) is 7. The second-order valence-corrected chi connectivity index (χ2v) is 9.78. The Morgan fingerprint density at radius 3 is 3.00 bits per heavy atom. The number of nitrogens with one attached hydrogen (secondary N) is 2. The van der Waals surface area contributed by atoms with Crippen molar-refractivity contribution in [1.29, 1.82) is 5.26 Å².